The van der Waals surface area contributed by atoms with Gasteiger partial charge in [-0.1, -0.05) is 34.1 Å². The van der Waals surface area contributed by atoms with Crippen molar-refractivity contribution >= 4 is 0 Å². The topological polar surface area (TPSA) is 21.3 Å². The maximum atomic E-state index is 5.60. The Morgan fingerprint density at radius 2 is 1.69 bits per heavy atom. The van der Waals surface area contributed by atoms with Crippen molar-refractivity contribution in [3.05, 3.63) is 0 Å². The minimum atomic E-state index is 0.414. The third-order valence-corrected chi connectivity index (χ3v) is 3.03. The molecule has 1 atom stereocenters. The summed E-state index contributed by atoms with van der Waals surface area (Å²) in [7, 11) is 0. The van der Waals surface area contributed by atoms with Crippen LogP contribution in [0.5, 0.6) is 0 Å². The molecule has 0 aliphatic heterocycles. The molecule has 0 heterocycles. The highest BCUT2D eigenvalue weighted by Crippen LogP contribution is 2.26. The van der Waals surface area contributed by atoms with Gasteiger partial charge < -0.3 is 10.1 Å². The Morgan fingerprint density at radius 3 is 2.25 bits per heavy atom. The fourth-order valence-corrected chi connectivity index (χ4v) is 2.04. The molecule has 0 radical (unpaired) electrons. The van der Waals surface area contributed by atoms with Crippen LogP contribution < -0.4 is 5.32 Å². The molecule has 2 heteroatoms. The van der Waals surface area contributed by atoms with Crippen LogP contribution in [0, 0.1) is 5.41 Å². The predicted octanol–water partition coefficient (Wildman–Crippen LogP) is 3.61. The van der Waals surface area contributed by atoms with Crippen molar-refractivity contribution in [2.24, 2.45) is 5.41 Å². The average molecular weight is 229 g/mol. The van der Waals surface area contributed by atoms with E-state index in [4.69, 9.17) is 4.74 Å². The molecule has 1 N–H and O–H groups in total. The Balaban J connectivity index is 3.81. The molecular weight excluding hydrogens is 198 g/mol. The van der Waals surface area contributed by atoms with E-state index in [0.29, 0.717) is 5.41 Å². The molecule has 0 aromatic heterocycles. The molecule has 98 valence electrons. The van der Waals surface area contributed by atoms with Gasteiger partial charge in [-0.25, -0.2) is 0 Å². The maximum absolute atomic E-state index is 5.60. The van der Waals surface area contributed by atoms with Gasteiger partial charge in [0.25, 0.3) is 0 Å². The molecule has 16 heavy (non-hydrogen) atoms. The predicted molar refractivity (Wildman–Crippen MR) is 71.9 cm³/mol. The van der Waals surface area contributed by atoms with Crippen LogP contribution in [0.25, 0.3) is 0 Å². The molecule has 0 amide bonds. The first-order chi connectivity index (χ1) is 7.68. The molecule has 0 aliphatic rings. The van der Waals surface area contributed by atoms with Gasteiger partial charge in [-0.05, 0) is 37.6 Å². The molecule has 0 aromatic carbocycles. The smallest absolute Gasteiger partial charge is 0.0471 e. The van der Waals surface area contributed by atoms with Gasteiger partial charge in [-0.3, -0.25) is 0 Å². The van der Waals surface area contributed by atoms with Gasteiger partial charge >= 0.3 is 0 Å². The highest BCUT2D eigenvalue weighted by molar-refractivity contribution is 4.76. The van der Waals surface area contributed by atoms with Crippen molar-refractivity contribution in [1.82, 2.24) is 5.32 Å². The standard InChI is InChI=1S/C14H31NO/c1-5-8-14(4,13-15-10-6-2)9-12-16-11-7-3/h15H,5-13H2,1-4H3. The third-order valence-electron chi connectivity index (χ3n) is 3.03. The van der Waals surface area contributed by atoms with Crippen molar-refractivity contribution in [3.63, 3.8) is 0 Å². The fourth-order valence-electron chi connectivity index (χ4n) is 2.04. The van der Waals surface area contributed by atoms with Crippen molar-refractivity contribution in [2.75, 3.05) is 26.3 Å². The lowest BCUT2D eigenvalue weighted by Crippen LogP contribution is -2.33. The van der Waals surface area contributed by atoms with Crippen LogP contribution in [0.3, 0.4) is 0 Å². The molecule has 0 rings (SSSR count). The molecule has 1 unspecified atom stereocenters. The van der Waals surface area contributed by atoms with Crippen LogP contribution >= 0.6 is 0 Å². The van der Waals surface area contributed by atoms with Crippen LogP contribution in [0.1, 0.15) is 59.8 Å². The lowest BCUT2D eigenvalue weighted by molar-refractivity contribution is 0.0949. The van der Waals surface area contributed by atoms with E-state index >= 15 is 0 Å². The Labute approximate surface area is 102 Å². The summed E-state index contributed by atoms with van der Waals surface area (Å²) in [4.78, 5) is 0. The summed E-state index contributed by atoms with van der Waals surface area (Å²) in [5, 5.41) is 3.55. The Bertz CT molecular complexity index is 150. The van der Waals surface area contributed by atoms with Crippen LogP contribution in [-0.2, 0) is 4.74 Å². The molecule has 0 saturated heterocycles. The second kappa shape index (κ2) is 10.1. The lowest BCUT2D eigenvalue weighted by atomic mass is 9.82. The highest BCUT2D eigenvalue weighted by Gasteiger charge is 2.22. The minimum Gasteiger partial charge on any atom is -0.381 e. The normalized spacial score (nSPS) is 15.0. The number of rotatable bonds is 11. The second-order valence-electron chi connectivity index (χ2n) is 5.10. The first-order valence-corrected chi connectivity index (χ1v) is 6.97. The second-order valence-corrected chi connectivity index (χ2v) is 5.10. The quantitative estimate of drug-likeness (QED) is 0.546. The van der Waals surface area contributed by atoms with Gasteiger partial charge in [-0.15, -0.1) is 0 Å². The molecule has 0 aromatic rings. The zero-order valence-electron chi connectivity index (χ0n) is 11.8. The first-order valence-electron chi connectivity index (χ1n) is 6.97. The minimum absolute atomic E-state index is 0.414. The number of hydrogen-bond donors (Lipinski definition) is 1. The molecule has 0 bridgehead atoms. The van der Waals surface area contributed by atoms with Gasteiger partial charge in [-0.2, -0.15) is 0 Å². The number of ether oxygens (including phenoxy) is 1. The van der Waals surface area contributed by atoms with E-state index in [0.717, 1.165) is 32.7 Å². The summed E-state index contributed by atoms with van der Waals surface area (Å²) < 4.78 is 5.60. The van der Waals surface area contributed by atoms with Gasteiger partial charge in [0.05, 0.1) is 0 Å². The molecule has 0 aliphatic carbocycles. The van der Waals surface area contributed by atoms with Gasteiger partial charge in [0.15, 0.2) is 0 Å². The van der Waals surface area contributed by atoms with Crippen LogP contribution in [-0.4, -0.2) is 26.3 Å². The summed E-state index contributed by atoms with van der Waals surface area (Å²) >= 11 is 0. The molecule has 0 saturated carbocycles. The van der Waals surface area contributed by atoms with E-state index in [9.17, 15) is 0 Å². The van der Waals surface area contributed by atoms with E-state index in [-0.39, 0.29) is 0 Å². The van der Waals surface area contributed by atoms with Crippen molar-refractivity contribution < 1.29 is 4.74 Å². The summed E-state index contributed by atoms with van der Waals surface area (Å²) in [5.41, 5.74) is 0.414. The zero-order chi connectivity index (χ0) is 12.3. The summed E-state index contributed by atoms with van der Waals surface area (Å²) in [6, 6.07) is 0. The van der Waals surface area contributed by atoms with Crippen molar-refractivity contribution in [1.29, 1.82) is 0 Å². The monoisotopic (exact) mass is 229 g/mol. The van der Waals surface area contributed by atoms with Crippen molar-refractivity contribution in [3.8, 4) is 0 Å². The summed E-state index contributed by atoms with van der Waals surface area (Å²) in [5.74, 6) is 0. The van der Waals surface area contributed by atoms with Gasteiger partial charge in [0, 0.05) is 19.8 Å². The lowest BCUT2D eigenvalue weighted by Gasteiger charge is -2.29. The third kappa shape index (κ3) is 8.12. The van der Waals surface area contributed by atoms with E-state index < -0.39 is 0 Å². The van der Waals surface area contributed by atoms with Gasteiger partial charge in [0.1, 0.15) is 0 Å². The van der Waals surface area contributed by atoms with Crippen molar-refractivity contribution in [2.45, 2.75) is 59.8 Å². The van der Waals surface area contributed by atoms with Crippen LogP contribution in [0.4, 0.5) is 0 Å². The maximum Gasteiger partial charge on any atom is 0.0471 e. The Hall–Kier alpha value is -0.0800. The van der Waals surface area contributed by atoms with E-state index in [1.54, 1.807) is 0 Å². The van der Waals surface area contributed by atoms with E-state index in [1.807, 2.05) is 0 Å². The van der Waals surface area contributed by atoms with E-state index in [1.165, 1.54) is 25.7 Å². The van der Waals surface area contributed by atoms with Crippen LogP contribution in [0.15, 0.2) is 0 Å². The molecule has 2 nitrogen and oxygen atoms in total. The Morgan fingerprint density at radius 1 is 0.938 bits per heavy atom. The van der Waals surface area contributed by atoms with Gasteiger partial charge in [0.2, 0.25) is 0 Å². The van der Waals surface area contributed by atoms with Crippen LogP contribution in [0.2, 0.25) is 0 Å². The average Bonchev–Trinajstić information content (AvgIpc) is 2.25. The van der Waals surface area contributed by atoms with E-state index in [2.05, 4.69) is 33.0 Å². The fraction of sp³-hybridized carbons (Fsp3) is 1.00. The summed E-state index contributed by atoms with van der Waals surface area (Å²) in [6.07, 6.45) is 6.07. The molecular formula is C14H31NO. The SMILES string of the molecule is CCCNCC(C)(CCC)CCOCCC. The molecule has 0 fully saturated rings. The number of hydrogen-bond acceptors (Lipinski definition) is 2. The first kappa shape index (κ1) is 15.9. The largest absolute Gasteiger partial charge is 0.381 e. The molecule has 0 spiro atoms. The number of nitrogens with one attached hydrogen (secondary N) is 1. The Kier molecular flexibility index (Phi) is 10.0. The summed E-state index contributed by atoms with van der Waals surface area (Å²) in [6.45, 7) is 13.1. The zero-order valence-corrected chi connectivity index (χ0v) is 11.8. The highest BCUT2D eigenvalue weighted by atomic mass is 16.5.